The van der Waals surface area contributed by atoms with Crippen LogP contribution in [0.5, 0.6) is 0 Å². The summed E-state index contributed by atoms with van der Waals surface area (Å²) in [4.78, 5) is 15.2. The number of benzene rings is 1. The molecule has 6 nitrogen and oxygen atoms in total. The van der Waals surface area contributed by atoms with Crippen molar-refractivity contribution in [1.82, 2.24) is 10.7 Å². The Hall–Kier alpha value is -1.89. The lowest BCUT2D eigenvalue weighted by atomic mass is 10.1. The molecule has 0 aliphatic carbocycles. The van der Waals surface area contributed by atoms with E-state index in [9.17, 15) is 4.79 Å². The number of rotatable bonds is 3. The number of guanidine groups is 1. The Balaban J connectivity index is 2.09. The molecule has 0 atom stereocenters. The van der Waals surface area contributed by atoms with Crippen molar-refractivity contribution in [2.75, 3.05) is 18.4 Å². The first kappa shape index (κ1) is 14.5. The zero-order valence-electron chi connectivity index (χ0n) is 11.3. The van der Waals surface area contributed by atoms with Crippen LogP contribution in [-0.2, 0) is 4.79 Å². The van der Waals surface area contributed by atoms with E-state index in [1.165, 1.54) is 6.92 Å². The minimum atomic E-state index is -0.101. The van der Waals surface area contributed by atoms with Crippen LogP contribution in [0.2, 0.25) is 0 Å². The van der Waals surface area contributed by atoms with E-state index >= 15 is 0 Å². The van der Waals surface area contributed by atoms with Crippen LogP contribution in [0.4, 0.5) is 5.69 Å². The van der Waals surface area contributed by atoms with Crippen LogP contribution >= 0.6 is 15.9 Å². The van der Waals surface area contributed by atoms with Crippen LogP contribution < -0.4 is 16.1 Å². The largest absolute Gasteiger partial charge is 0.353 e. The molecule has 1 aliphatic heterocycles. The predicted octanol–water partition coefficient (Wildman–Crippen LogP) is 1.68. The van der Waals surface area contributed by atoms with Gasteiger partial charge >= 0.3 is 0 Å². The third kappa shape index (κ3) is 3.80. The first-order valence-electron chi connectivity index (χ1n) is 6.22. The van der Waals surface area contributed by atoms with Crippen LogP contribution in [-0.4, -0.2) is 30.7 Å². The molecule has 0 bridgehead atoms. The van der Waals surface area contributed by atoms with E-state index in [1.54, 1.807) is 0 Å². The molecule has 1 aromatic rings. The van der Waals surface area contributed by atoms with Crippen molar-refractivity contribution >= 4 is 39.2 Å². The van der Waals surface area contributed by atoms with E-state index in [4.69, 9.17) is 0 Å². The highest BCUT2D eigenvalue weighted by Gasteiger charge is 2.06. The number of nitrogens with zero attached hydrogens (tertiary/aromatic N) is 2. The molecule has 2 rings (SSSR count). The van der Waals surface area contributed by atoms with Crippen LogP contribution in [0.1, 0.15) is 19.4 Å². The standard InChI is InChI=1S/C13H16BrN5O/c1-8(18-19-13-15-5-6-16-13)10-3-4-12(11(14)7-10)17-9(2)20/h3-4,7H,5-6H2,1-2H3,(H,17,20)(H2,15,16,19)/b18-8+. The number of hydrazone groups is 1. The summed E-state index contributed by atoms with van der Waals surface area (Å²) in [7, 11) is 0. The number of hydrogen-bond donors (Lipinski definition) is 3. The maximum Gasteiger partial charge on any atom is 0.221 e. The zero-order chi connectivity index (χ0) is 14.5. The van der Waals surface area contributed by atoms with Crippen molar-refractivity contribution in [2.24, 2.45) is 10.1 Å². The second-order valence-corrected chi connectivity index (χ2v) is 5.20. The lowest BCUT2D eigenvalue weighted by molar-refractivity contribution is -0.114. The molecule has 1 heterocycles. The van der Waals surface area contributed by atoms with Gasteiger partial charge in [0.05, 0.1) is 17.9 Å². The van der Waals surface area contributed by atoms with E-state index in [2.05, 4.69) is 42.1 Å². The lowest BCUT2D eigenvalue weighted by Gasteiger charge is -2.08. The third-order valence-corrected chi connectivity index (χ3v) is 3.36. The van der Waals surface area contributed by atoms with Crippen molar-refractivity contribution in [3.63, 3.8) is 0 Å². The maximum absolute atomic E-state index is 11.0. The molecule has 0 spiro atoms. The van der Waals surface area contributed by atoms with Crippen molar-refractivity contribution < 1.29 is 4.79 Å². The number of anilines is 1. The van der Waals surface area contributed by atoms with Gasteiger partial charge in [0.25, 0.3) is 0 Å². The predicted molar refractivity (Wildman–Crippen MR) is 84.1 cm³/mol. The number of carbonyl (C=O) groups excluding carboxylic acids is 1. The van der Waals surface area contributed by atoms with Gasteiger partial charge in [-0.15, -0.1) is 0 Å². The molecular formula is C13H16BrN5O. The molecule has 1 aromatic carbocycles. The normalized spacial score (nSPS) is 14.6. The summed E-state index contributed by atoms with van der Waals surface area (Å²) >= 11 is 3.44. The molecule has 0 fully saturated rings. The monoisotopic (exact) mass is 337 g/mol. The molecule has 20 heavy (non-hydrogen) atoms. The maximum atomic E-state index is 11.0. The Morgan fingerprint density at radius 2 is 2.25 bits per heavy atom. The van der Waals surface area contributed by atoms with Crippen LogP contribution in [0.25, 0.3) is 0 Å². The van der Waals surface area contributed by atoms with Crippen LogP contribution in [0.3, 0.4) is 0 Å². The minimum Gasteiger partial charge on any atom is -0.353 e. The average Bonchev–Trinajstić information content (AvgIpc) is 2.91. The van der Waals surface area contributed by atoms with E-state index in [1.807, 2.05) is 25.1 Å². The molecule has 0 aromatic heterocycles. The van der Waals surface area contributed by atoms with Gasteiger partial charge in [0.1, 0.15) is 0 Å². The second kappa shape index (κ2) is 6.51. The molecule has 0 unspecified atom stereocenters. The van der Waals surface area contributed by atoms with Gasteiger partial charge in [0, 0.05) is 17.9 Å². The van der Waals surface area contributed by atoms with Gasteiger partial charge in [-0.05, 0) is 40.5 Å². The summed E-state index contributed by atoms with van der Waals surface area (Å²) < 4.78 is 0.816. The topological polar surface area (TPSA) is 77.9 Å². The van der Waals surface area contributed by atoms with Crippen LogP contribution in [0, 0.1) is 0 Å². The molecule has 7 heteroatoms. The molecule has 1 aliphatic rings. The van der Waals surface area contributed by atoms with Gasteiger partial charge in [0.15, 0.2) is 0 Å². The van der Waals surface area contributed by atoms with Crippen LogP contribution in [0.15, 0.2) is 32.8 Å². The Labute approximate surface area is 125 Å². The Bertz CT molecular complexity index is 582. The van der Waals surface area contributed by atoms with Crippen molar-refractivity contribution in [3.05, 3.63) is 28.2 Å². The smallest absolute Gasteiger partial charge is 0.221 e. The number of aliphatic imine (C=N–C) groups is 1. The Morgan fingerprint density at radius 3 is 2.85 bits per heavy atom. The fraction of sp³-hybridized carbons (Fsp3) is 0.308. The summed E-state index contributed by atoms with van der Waals surface area (Å²) in [6.45, 7) is 5.00. The number of nitrogens with one attached hydrogen (secondary N) is 3. The SMILES string of the molecule is CC(=O)Nc1ccc(/C(C)=N/NC2=NCCN2)cc1Br. The molecule has 3 N–H and O–H groups in total. The third-order valence-electron chi connectivity index (χ3n) is 2.70. The fourth-order valence-corrected chi connectivity index (χ4v) is 2.18. The number of carbonyl (C=O) groups is 1. The highest BCUT2D eigenvalue weighted by molar-refractivity contribution is 9.10. The van der Waals surface area contributed by atoms with Gasteiger partial charge in [-0.2, -0.15) is 5.10 Å². The van der Waals surface area contributed by atoms with Gasteiger partial charge in [-0.3, -0.25) is 4.79 Å². The second-order valence-electron chi connectivity index (χ2n) is 4.34. The summed E-state index contributed by atoms with van der Waals surface area (Å²) in [5, 5.41) is 10.1. The van der Waals surface area contributed by atoms with E-state index < -0.39 is 0 Å². The van der Waals surface area contributed by atoms with Gasteiger partial charge in [0.2, 0.25) is 11.9 Å². The summed E-state index contributed by atoms with van der Waals surface area (Å²) in [5.41, 5.74) is 5.41. The Kier molecular flexibility index (Phi) is 4.73. The zero-order valence-corrected chi connectivity index (χ0v) is 12.9. The molecule has 106 valence electrons. The van der Waals surface area contributed by atoms with Crippen molar-refractivity contribution in [2.45, 2.75) is 13.8 Å². The van der Waals surface area contributed by atoms with Crippen molar-refractivity contribution in [1.29, 1.82) is 0 Å². The summed E-state index contributed by atoms with van der Waals surface area (Å²) in [6, 6.07) is 5.65. The van der Waals surface area contributed by atoms with Gasteiger partial charge < -0.3 is 10.6 Å². The number of halogens is 1. The average molecular weight is 338 g/mol. The quantitative estimate of drug-likeness (QED) is 0.580. The molecule has 0 radical (unpaired) electrons. The molecule has 1 amide bonds. The summed E-state index contributed by atoms with van der Waals surface area (Å²) in [6.07, 6.45) is 0. The Morgan fingerprint density at radius 1 is 1.45 bits per heavy atom. The van der Waals surface area contributed by atoms with E-state index in [-0.39, 0.29) is 5.91 Å². The lowest BCUT2D eigenvalue weighted by Crippen LogP contribution is -2.30. The highest BCUT2D eigenvalue weighted by Crippen LogP contribution is 2.23. The van der Waals surface area contributed by atoms with E-state index in [0.29, 0.717) is 5.96 Å². The van der Waals surface area contributed by atoms with Gasteiger partial charge in [-0.1, -0.05) is 6.07 Å². The minimum absolute atomic E-state index is 0.101. The molecular weight excluding hydrogens is 322 g/mol. The molecule has 0 saturated heterocycles. The highest BCUT2D eigenvalue weighted by atomic mass is 79.9. The van der Waals surface area contributed by atoms with Gasteiger partial charge in [-0.25, -0.2) is 10.4 Å². The number of amides is 1. The fourth-order valence-electron chi connectivity index (χ4n) is 1.71. The first-order chi connectivity index (χ1) is 9.56. The van der Waals surface area contributed by atoms with Crippen molar-refractivity contribution in [3.8, 4) is 0 Å². The van der Waals surface area contributed by atoms with E-state index in [0.717, 1.165) is 34.5 Å². The summed E-state index contributed by atoms with van der Waals surface area (Å²) in [5.74, 6) is 0.592. The number of hydrogen-bond acceptors (Lipinski definition) is 5. The first-order valence-corrected chi connectivity index (χ1v) is 7.01. The molecule has 0 saturated carbocycles.